The molecule has 3 aromatic rings. The normalized spacial score (nSPS) is 15.7. The summed E-state index contributed by atoms with van der Waals surface area (Å²) in [6.45, 7) is 2.81. The second-order valence-electron chi connectivity index (χ2n) is 6.82. The lowest BCUT2D eigenvalue weighted by Crippen LogP contribution is -2.32. The maximum atomic E-state index is 11.5. The molecule has 27 heavy (non-hydrogen) atoms. The lowest BCUT2D eigenvalue weighted by Gasteiger charge is -2.29. The summed E-state index contributed by atoms with van der Waals surface area (Å²) in [7, 11) is 0. The number of hydrogen-bond acceptors (Lipinski definition) is 5. The van der Waals surface area contributed by atoms with Crippen LogP contribution in [0.5, 0.6) is 0 Å². The van der Waals surface area contributed by atoms with E-state index in [1.165, 1.54) is 5.56 Å². The van der Waals surface area contributed by atoms with Crippen molar-refractivity contribution in [3.63, 3.8) is 0 Å². The Morgan fingerprint density at radius 1 is 1.22 bits per heavy atom. The van der Waals surface area contributed by atoms with Crippen LogP contribution < -0.4 is 5.73 Å². The summed E-state index contributed by atoms with van der Waals surface area (Å²) in [6, 6.07) is 14.1. The Bertz CT molecular complexity index is 1010. The predicted molar refractivity (Wildman–Crippen MR) is 99.4 cm³/mol. The van der Waals surface area contributed by atoms with Crippen LogP contribution in [0.15, 0.2) is 36.4 Å². The van der Waals surface area contributed by atoms with Gasteiger partial charge in [-0.2, -0.15) is 5.26 Å². The monoisotopic (exact) mass is 359 g/mol. The van der Waals surface area contributed by atoms with Gasteiger partial charge in [0.05, 0.1) is 17.3 Å². The first-order valence-electron chi connectivity index (χ1n) is 8.92. The van der Waals surface area contributed by atoms with Gasteiger partial charge in [0.15, 0.2) is 5.65 Å². The molecule has 0 unspecified atom stereocenters. The summed E-state index contributed by atoms with van der Waals surface area (Å²) in [5, 5.41) is 13.1. The maximum Gasteiger partial charge on any atom is 0.252 e. The van der Waals surface area contributed by atoms with Crippen molar-refractivity contribution in [2.24, 2.45) is 11.7 Å². The van der Waals surface area contributed by atoms with Gasteiger partial charge in [0, 0.05) is 18.0 Å². The van der Waals surface area contributed by atoms with E-state index in [0.717, 1.165) is 43.7 Å². The maximum absolute atomic E-state index is 11.5. The number of aromatic nitrogens is 3. The Labute approximate surface area is 157 Å². The number of benzene rings is 1. The highest BCUT2D eigenvalue weighted by atomic mass is 16.1. The third-order valence-electron chi connectivity index (χ3n) is 5.07. The molecule has 1 aliphatic heterocycles. The minimum absolute atomic E-state index is 0.203. The molecule has 135 valence electrons. The van der Waals surface area contributed by atoms with Crippen LogP contribution in [0.25, 0.3) is 16.9 Å². The number of nitriles is 1. The minimum atomic E-state index is -0.538. The number of rotatable bonds is 4. The zero-order chi connectivity index (χ0) is 18.8. The van der Waals surface area contributed by atoms with Crippen LogP contribution in [-0.4, -0.2) is 38.5 Å². The molecule has 4 rings (SSSR count). The van der Waals surface area contributed by atoms with Crippen molar-refractivity contribution >= 4 is 11.6 Å². The van der Waals surface area contributed by atoms with Gasteiger partial charge in [0.25, 0.3) is 5.91 Å². The Morgan fingerprint density at radius 2 is 1.96 bits per heavy atom. The van der Waals surface area contributed by atoms with Crippen LogP contribution in [0.4, 0.5) is 0 Å². The third-order valence-corrected chi connectivity index (χ3v) is 5.07. The van der Waals surface area contributed by atoms with Gasteiger partial charge in [-0.1, -0.05) is 24.3 Å². The summed E-state index contributed by atoms with van der Waals surface area (Å²) in [5.41, 5.74) is 9.15. The number of carbonyl (C=O) groups is 1. The molecule has 1 aromatic carbocycles. The van der Waals surface area contributed by atoms with Crippen LogP contribution in [0.3, 0.4) is 0 Å². The molecule has 0 atom stereocenters. The number of primary amides is 1. The van der Waals surface area contributed by atoms with Crippen molar-refractivity contribution in [1.82, 2.24) is 19.5 Å². The molecule has 0 spiro atoms. The van der Waals surface area contributed by atoms with Crippen molar-refractivity contribution in [2.75, 3.05) is 13.1 Å². The molecule has 1 amide bonds. The van der Waals surface area contributed by atoms with E-state index in [9.17, 15) is 4.79 Å². The van der Waals surface area contributed by atoms with E-state index in [4.69, 9.17) is 11.0 Å². The first-order chi connectivity index (χ1) is 13.2. The fourth-order valence-electron chi connectivity index (χ4n) is 3.53. The van der Waals surface area contributed by atoms with Crippen LogP contribution in [0.2, 0.25) is 0 Å². The van der Waals surface area contributed by atoms with E-state index in [-0.39, 0.29) is 5.92 Å². The second kappa shape index (κ2) is 7.17. The molecular formula is C20H19N6O. The number of fused-ring (bicyclic) bond motifs is 1. The van der Waals surface area contributed by atoms with Gasteiger partial charge in [-0.25, -0.2) is 9.50 Å². The van der Waals surface area contributed by atoms with E-state index < -0.39 is 5.91 Å². The van der Waals surface area contributed by atoms with Crippen LogP contribution in [0, 0.1) is 23.6 Å². The van der Waals surface area contributed by atoms with Gasteiger partial charge in [-0.3, -0.25) is 9.69 Å². The molecule has 2 N–H and O–H groups in total. The highest BCUT2D eigenvalue weighted by Gasteiger charge is 2.19. The number of carbonyl (C=O) groups excluding carboxylic acids is 1. The zero-order valence-electron chi connectivity index (χ0n) is 14.8. The summed E-state index contributed by atoms with van der Waals surface area (Å²) in [5.74, 6) is -0.336. The van der Waals surface area contributed by atoms with Gasteiger partial charge >= 0.3 is 0 Å². The van der Waals surface area contributed by atoms with E-state index in [2.05, 4.69) is 39.5 Å². The molecule has 0 saturated carbocycles. The highest BCUT2D eigenvalue weighted by Crippen LogP contribution is 2.23. The van der Waals surface area contributed by atoms with E-state index >= 15 is 0 Å². The first-order valence-corrected chi connectivity index (χ1v) is 8.92. The smallest absolute Gasteiger partial charge is 0.252 e. The van der Waals surface area contributed by atoms with Gasteiger partial charge < -0.3 is 5.73 Å². The van der Waals surface area contributed by atoms with E-state index in [1.807, 2.05) is 18.2 Å². The summed E-state index contributed by atoms with van der Waals surface area (Å²) >= 11 is 0. The number of nitrogens with zero attached hydrogens (tertiary/aromatic N) is 5. The standard InChI is InChI=1S/C20H19N6O/c21-11-14-7-9-25(10-8-14)12-15-1-3-16(4-2-15)18-6-5-17(19(22)27)20-23-13-24-26(18)20/h1-6,14H,7-10,12H2,(H2,22,27). The molecular weight excluding hydrogens is 340 g/mol. The van der Waals surface area contributed by atoms with Gasteiger partial charge in [0.2, 0.25) is 6.33 Å². The van der Waals surface area contributed by atoms with Crippen LogP contribution in [-0.2, 0) is 6.54 Å². The van der Waals surface area contributed by atoms with Crippen molar-refractivity contribution in [3.05, 3.63) is 53.9 Å². The highest BCUT2D eigenvalue weighted by molar-refractivity contribution is 5.99. The van der Waals surface area contributed by atoms with Crippen molar-refractivity contribution in [1.29, 1.82) is 5.26 Å². The topological polar surface area (TPSA) is 100 Å². The van der Waals surface area contributed by atoms with Gasteiger partial charge in [0.1, 0.15) is 0 Å². The number of hydrogen-bond donors (Lipinski definition) is 1. The molecule has 1 fully saturated rings. The van der Waals surface area contributed by atoms with Gasteiger partial charge in [-0.15, -0.1) is 5.10 Å². The number of pyridine rings is 1. The summed E-state index contributed by atoms with van der Waals surface area (Å²) in [6.07, 6.45) is 4.43. The van der Waals surface area contributed by atoms with Crippen LogP contribution in [0.1, 0.15) is 28.8 Å². The van der Waals surface area contributed by atoms with Crippen molar-refractivity contribution in [2.45, 2.75) is 19.4 Å². The number of piperidine rings is 1. The van der Waals surface area contributed by atoms with E-state index in [1.54, 1.807) is 10.6 Å². The first kappa shape index (κ1) is 17.2. The molecule has 1 radical (unpaired) electrons. The Morgan fingerprint density at radius 3 is 2.63 bits per heavy atom. The lowest BCUT2D eigenvalue weighted by atomic mass is 9.98. The third kappa shape index (κ3) is 3.39. The Hall–Kier alpha value is -3.24. The molecule has 0 bridgehead atoms. The average Bonchev–Trinajstić information content (AvgIpc) is 3.18. The number of likely N-dealkylation sites (tertiary alicyclic amines) is 1. The molecule has 1 saturated heterocycles. The summed E-state index contributed by atoms with van der Waals surface area (Å²) < 4.78 is 1.59. The predicted octanol–water partition coefficient (Wildman–Crippen LogP) is 2.03. The number of nitrogens with two attached hydrogens (primary N) is 1. The van der Waals surface area contributed by atoms with Crippen molar-refractivity contribution in [3.8, 4) is 17.3 Å². The lowest BCUT2D eigenvalue weighted by molar-refractivity contribution is 0.100. The Kier molecular flexibility index (Phi) is 4.57. The largest absolute Gasteiger partial charge is 0.365 e. The van der Waals surface area contributed by atoms with Gasteiger partial charge in [-0.05, 0) is 43.6 Å². The summed E-state index contributed by atoms with van der Waals surface area (Å²) in [4.78, 5) is 18.0. The molecule has 3 heterocycles. The van der Waals surface area contributed by atoms with Crippen LogP contribution >= 0.6 is 0 Å². The molecule has 0 aliphatic carbocycles. The number of amides is 1. The zero-order valence-corrected chi connectivity index (χ0v) is 14.8. The fourth-order valence-corrected chi connectivity index (χ4v) is 3.53. The fraction of sp³-hybridized carbons (Fsp3) is 0.300. The molecule has 7 nitrogen and oxygen atoms in total. The van der Waals surface area contributed by atoms with E-state index in [0.29, 0.717) is 11.2 Å². The quantitative estimate of drug-likeness (QED) is 0.768. The Balaban J connectivity index is 1.54. The van der Waals surface area contributed by atoms with Crippen molar-refractivity contribution < 1.29 is 4.79 Å². The second-order valence-corrected chi connectivity index (χ2v) is 6.82. The molecule has 1 aliphatic rings. The molecule has 7 heteroatoms. The minimum Gasteiger partial charge on any atom is -0.365 e. The molecule has 2 aromatic heterocycles. The average molecular weight is 359 g/mol. The SMILES string of the molecule is N#CC1CCN(Cc2ccc(-c3ccc(C(N)=O)c4n[c]nn34)cc2)CC1.